The van der Waals surface area contributed by atoms with Crippen LogP contribution in [-0.4, -0.2) is 20.3 Å². The number of anilines is 1. The van der Waals surface area contributed by atoms with E-state index in [-0.39, 0.29) is 5.56 Å². The maximum absolute atomic E-state index is 12.2. The monoisotopic (exact) mass is 247 g/mol. The van der Waals surface area contributed by atoms with E-state index in [9.17, 15) is 9.90 Å². The molecule has 96 valence electrons. The number of fused-ring (bicyclic) bond motifs is 1. The van der Waals surface area contributed by atoms with Gasteiger partial charge in [-0.15, -0.1) is 0 Å². The van der Waals surface area contributed by atoms with Gasteiger partial charge in [-0.3, -0.25) is 9.36 Å². The fraction of sp³-hybridized carbons (Fsp3) is 0.385. The molecule has 5 nitrogen and oxygen atoms in total. The van der Waals surface area contributed by atoms with Crippen molar-refractivity contribution in [3.63, 3.8) is 0 Å². The summed E-state index contributed by atoms with van der Waals surface area (Å²) in [5.41, 5.74) is 5.92. The minimum atomic E-state index is -0.801. The van der Waals surface area contributed by atoms with Crippen LogP contribution in [0.15, 0.2) is 29.3 Å². The number of nitrogen functional groups attached to an aromatic ring is 1. The van der Waals surface area contributed by atoms with Gasteiger partial charge in [0.05, 0.1) is 22.8 Å². The molecule has 0 saturated heterocycles. The van der Waals surface area contributed by atoms with E-state index in [1.54, 1.807) is 32.0 Å². The number of aryl methyl sites for hydroxylation is 1. The van der Waals surface area contributed by atoms with E-state index >= 15 is 0 Å². The molecule has 0 atom stereocenters. The van der Waals surface area contributed by atoms with Crippen molar-refractivity contribution in [3.8, 4) is 0 Å². The van der Waals surface area contributed by atoms with E-state index < -0.39 is 5.60 Å². The van der Waals surface area contributed by atoms with Gasteiger partial charge in [0.1, 0.15) is 0 Å². The Labute approximate surface area is 105 Å². The Balaban J connectivity index is 2.41. The van der Waals surface area contributed by atoms with Crippen LogP contribution in [0.2, 0.25) is 0 Å². The fourth-order valence-corrected chi connectivity index (χ4v) is 1.73. The van der Waals surface area contributed by atoms with Gasteiger partial charge in [0, 0.05) is 12.2 Å². The summed E-state index contributed by atoms with van der Waals surface area (Å²) in [6.45, 7) is 3.86. The Morgan fingerprint density at radius 2 is 2.17 bits per heavy atom. The maximum atomic E-state index is 12.2. The minimum absolute atomic E-state index is 0.128. The lowest BCUT2D eigenvalue weighted by Crippen LogP contribution is -2.26. The van der Waals surface area contributed by atoms with E-state index in [0.717, 1.165) is 0 Å². The number of nitrogens with zero attached hydrogens (tertiary/aromatic N) is 2. The summed E-state index contributed by atoms with van der Waals surface area (Å²) >= 11 is 0. The van der Waals surface area contributed by atoms with E-state index in [4.69, 9.17) is 5.73 Å². The molecule has 0 fully saturated rings. The molecule has 0 unspecified atom stereocenters. The number of rotatable bonds is 3. The summed E-state index contributed by atoms with van der Waals surface area (Å²) in [6, 6.07) is 5.08. The second-order valence-electron chi connectivity index (χ2n) is 5.08. The topological polar surface area (TPSA) is 81.1 Å². The van der Waals surface area contributed by atoms with Crippen LogP contribution in [0.5, 0.6) is 0 Å². The van der Waals surface area contributed by atoms with Crippen LogP contribution in [0.25, 0.3) is 10.9 Å². The molecule has 1 heterocycles. The van der Waals surface area contributed by atoms with Crippen LogP contribution in [0.1, 0.15) is 20.3 Å². The van der Waals surface area contributed by atoms with Crippen LogP contribution in [0.4, 0.5) is 5.69 Å². The van der Waals surface area contributed by atoms with Crippen molar-refractivity contribution in [2.45, 2.75) is 32.4 Å². The lowest BCUT2D eigenvalue weighted by Gasteiger charge is -2.17. The first kappa shape index (κ1) is 12.6. The van der Waals surface area contributed by atoms with Gasteiger partial charge in [-0.2, -0.15) is 0 Å². The third-order valence-corrected chi connectivity index (χ3v) is 2.81. The zero-order valence-electron chi connectivity index (χ0n) is 10.6. The van der Waals surface area contributed by atoms with Crippen LogP contribution in [0.3, 0.4) is 0 Å². The maximum Gasteiger partial charge on any atom is 0.261 e. The number of aliphatic hydroxyl groups is 1. The molecule has 0 spiro atoms. The SMILES string of the molecule is CC(C)(O)CCn1cnc2ccc(N)cc2c1=O. The summed E-state index contributed by atoms with van der Waals surface area (Å²) < 4.78 is 1.50. The first-order chi connectivity index (χ1) is 8.37. The smallest absolute Gasteiger partial charge is 0.261 e. The number of hydrogen-bond donors (Lipinski definition) is 2. The summed E-state index contributed by atoms with van der Waals surface area (Å²) in [6.07, 6.45) is 2.00. The van der Waals surface area contributed by atoms with Gasteiger partial charge in [-0.1, -0.05) is 0 Å². The number of benzene rings is 1. The van der Waals surface area contributed by atoms with Crippen molar-refractivity contribution >= 4 is 16.6 Å². The Morgan fingerprint density at radius 3 is 2.83 bits per heavy atom. The molecule has 2 aromatic rings. The quantitative estimate of drug-likeness (QED) is 0.797. The van der Waals surface area contributed by atoms with Crippen molar-refractivity contribution in [2.24, 2.45) is 0 Å². The van der Waals surface area contributed by atoms with E-state index in [0.29, 0.717) is 29.6 Å². The number of aromatic nitrogens is 2. The Kier molecular flexibility index (Phi) is 3.09. The highest BCUT2D eigenvalue weighted by Crippen LogP contribution is 2.12. The summed E-state index contributed by atoms with van der Waals surface area (Å²) in [7, 11) is 0. The molecular weight excluding hydrogens is 230 g/mol. The van der Waals surface area contributed by atoms with Gasteiger partial charge >= 0.3 is 0 Å². The standard InChI is InChI=1S/C13H17N3O2/c1-13(2,18)5-6-16-8-15-11-4-3-9(14)7-10(11)12(16)17/h3-4,7-8,18H,5-6,14H2,1-2H3. The van der Waals surface area contributed by atoms with Gasteiger partial charge in [0.15, 0.2) is 0 Å². The van der Waals surface area contributed by atoms with Crippen LogP contribution in [-0.2, 0) is 6.54 Å². The van der Waals surface area contributed by atoms with Crippen molar-refractivity contribution in [2.75, 3.05) is 5.73 Å². The Bertz CT molecular complexity index is 626. The molecule has 2 rings (SSSR count). The Morgan fingerprint density at radius 1 is 1.44 bits per heavy atom. The molecule has 0 saturated carbocycles. The van der Waals surface area contributed by atoms with Crippen molar-refractivity contribution in [1.29, 1.82) is 0 Å². The van der Waals surface area contributed by atoms with E-state index in [1.165, 1.54) is 10.9 Å². The first-order valence-electron chi connectivity index (χ1n) is 5.84. The normalized spacial score (nSPS) is 11.9. The lowest BCUT2D eigenvalue weighted by atomic mass is 10.1. The van der Waals surface area contributed by atoms with Crippen LogP contribution < -0.4 is 11.3 Å². The van der Waals surface area contributed by atoms with Crippen LogP contribution in [0, 0.1) is 0 Å². The third kappa shape index (κ3) is 2.68. The molecule has 0 aliphatic heterocycles. The highest BCUT2D eigenvalue weighted by atomic mass is 16.3. The predicted molar refractivity (Wildman–Crippen MR) is 71.3 cm³/mol. The minimum Gasteiger partial charge on any atom is -0.399 e. The van der Waals surface area contributed by atoms with Gasteiger partial charge in [-0.05, 0) is 38.5 Å². The molecule has 1 aromatic carbocycles. The van der Waals surface area contributed by atoms with E-state index in [1.807, 2.05) is 0 Å². The third-order valence-electron chi connectivity index (χ3n) is 2.81. The molecule has 0 radical (unpaired) electrons. The molecular formula is C13H17N3O2. The average Bonchev–Trinajstić information content (AvgIpc) is 2.28. The predicted octanol–water partition coefficient (Wildman–Crippen LogP) is 1.14. The van der Waals surface area contributed by atoms with Crippen LogP contribution >= 0.6 is 0 Å². The fourth-order valence-electron chi connectivity index (χ4n) is 1.73. The summed E-state index contributed by atoms with van der Waals surface area (Å²) in [5.74, 6) is 0. The molecule has 0 aliphatic rings. The molecule has 0 amide bonds. The summed E-state index contributed by atoms with van der Waals surface area (Å²) in [4.78, 5) is 16.4. The highest BCUT2D eigenvalue weighted by Gasteiger charge is 2.13. The largest absolute Gasteiger partial charge is 0.399 e. The number of nitrogens with two attached hydrogens (primary N) is 1. The molecule has 0 aliphatic carbocycles. The molecule has 0 bridgehead atoms. The molecule has 5 heteroatoms. The highest BCUT2D eigenvalue weighted by molar-refractivity contribution is 5.80. The first-order valence-corrected chi connectivity index (χ1v) is 5.84. The number of hydrogen-bond acceptors (Lipinski definition) is 4. The zero-order valence-corrected chi connectivity index (χ0v) is 10.6. The van der Waals surface area contributed by atoms with Crippen molar-refractivity contribution < 1.29 is 5.11 Å². The molecule has 1 aromatic heterocycles. The average molecular weight is 247 g/mol. The van der Waals surface area contributed by atoms with Gasteiger partial charge < -0.3 is 10.8 Å². The van der Waals surface area contributed by atoms with Gasteiger partial charge in [0.2, 0.25) is 0 Å². The Hall–Kier alpha value is -1.88. The van der Waals surface area contributed by atoms with Crippen molar-refractivity contribution in [1.82, 2.24) is 9.55 Å². The molecule has 18 heavy (non-hydrogen) atoms. The van der Waals surface area contributed by atoms with Gasteiger partial charge in [0.25, 0.3) is 5.56 Å². The zero-order chi connectivity index (χ0) is 13.3. The second-order valence-corrected chi connectivity index (χ2v) is 5.08. The summed E-state index contributed by atoms with van der Waals surface area (Å²) in [5, 5.41) is 10.2. The second kappa shape index (κ2) is 4.42. The van der Waals surface area contributed by atoms with E-state index in [2.05, 4.69) is 4.98 Å². The van der Waals surface area contributed by atoms with Crippen molar-refractivity contribution in [3.05, 3.63) is 34.9 Å². The molecule has 3 N–H and O–H groups in total. The lowest BCUT2D eigenvalue weighted by molar-refractivity contribution is 0.0659. The van der Waals surface area contributed by atoms with Gasteiger partial charge in [-0.25, -0.2) is 4.98 Å².